The Morgan fingerprint density at radius 1 is 1.04 bits per heavy atom. The van der Waals surface area contributed by atoms with Crippen LogP contribution < -0.4 is 4.90 Å². The van der Waals surface area contributed by atoms with E-state index in [1.807, 2.05) is 0 Å². The average Bonchev–Trinajstić information content (AvgIpc) is 3.53. The second-order valence-corrected chi connectivity index (χ2v) is 8.93. The minimum atomic E-state index is 0.320. The summed E-state index contributed by atoms with van der Waals surface area (Å²) in [7, 11) is 0. The molecule has 132 valence electrons. The number of carbonyl (C=O) groups is 1. The maximum Gasteiger partial charge on any atom is 0.225 e. The van der Waals surface area contributed by atoms with E-state index < -0.39 is 0 Å². The molecule has 2 saturated carbocycles. The first kappa shape index (κ1) is 15.6. The maximum atomic E-state index is 12.3. The molecule has 3 fully saturated rings. The van der Waals surface area contributed by atoms with E-state index in [0.29, 0.717) is 17.7 Å². The maximum absolute atomic E-state index is 12.3. The van der Waals surface area contributed by atoms with Gasteiger partial charge in [-0.05, 0) is 45.1 Å². The standard InChI is InChI=1S/C19H24N4OS/c1-11-12(2)25-18-15(11)17(20-16(21-18)13-3-4-13)22-7-9-23(10-8-22)19(24)14-5-6-14/h13-14H,3-10H2,1-2H3. The van der Waals surface area contributed by atoms with Crippen LogP contribution in [0.1, 0.15) is 47.9 Å². The Labute approximate surface area is 152 Å². The van der Waals surface area contributed by atoms with Gasteiger partial charge < -0.3 is 9.80 Å². The summed E-state index contributed by atoms with van der Waals surface area (Å²) in [4.78, 5) is 29.1. The quantitative estimate of drug-likeness (QED) is 0.847. The minimum absolute atomic E-state index is 0.320. The lowest BCUT2D eigenvalue weighted by Crippen LogP contribution is -2.49. The van der Waals surface area contributed by atoms with Crippen LogP contribution in [0.2, 0.25) is 0 Å². The zero-order chi connectivity index (χ0) is 17.1. The van der Waals surface area contributed by atoms with Crippen molar-refractivity contribution < 1.29 is 4.79 Å². The summed E-state index contributed by atoms with van der Waals surface area (Å²) in [5, 5.41) is 1.23. The van der Waals surface area contributed by atoms with Crippen LogP contribution in [0.25, 0.3) is 10.2 Å². The number of anilines is 1. The number of aryl methyl sites for hydroxylation is 2. The van der Waals surface area contributed by atoms with Crippen molar-refractivity contribution in [3.63, 3.8) is 0 Å². The lowest BCUT2D eigenvalue weighted by atomic mass is 10.2. The van der Waals surface area contributed by atoms with Gasteiger partial charge in [0.05, 0.1) is 5.39 Å². The molecule has 0 aromatic carbocycles. The van der Waals surface area contributed by atoms with Crippen LogP contribution in [-0.4, -0.2) is 47.0 Å². The minimum Gasteiger partial charge on any atom is -0.352 e. The van der Waals surface area contributed by atoms with Crippen LogP contribution in [0.5, 0.6) is 0 Å². The van der Waals surface area contributed by atoms with E-state index in [-0.39, 0.29) is 0 Å². The Balaban J connectivity index is 1.46. The Bertz CT molecular complexity index is 845. The summed E-state index contributed by atoms with van der Waals surface area (Å²) >= 11 is 1.79. The van der Waals surface area contributed by atoms with Gasteiger partial charge in [0.1, 0.15) is 16.5 Å². The number of hydrogen-bond acceptors (Lipinski definition) is 5. The zero-order valence-electron chi connectivity index (χ0n) is 14.9. The van der Waals surface area contributed by atoms with E-state index in [4.69, 9.17) is 9.97 Å². The van der Waals surface area contributed by atoms with Crippen LogP contribution in [0.15, 0.2) is 0 Å². The van der Waals surface area contributed by atoms with Gasteiger partial charge >= 0.3 is 0 Å². The average molecular weight is 356 g/mol. The monoisotopic (exact) mass is 356 g/mol. The third-order valence-electron chi connectivity index (χ3n) is 5.79. The van der Waals surface area contributed by atoms with Crippen LogP contribution >= 0.6 is 11.3 Å². The highest BCUT2D eigenvalue weighted by Crippen LogP contribution is 2.42. The Morgan fingerprint density at radius 3 is 2.40 bits per heavy atom. The summed E-state index contributed by atoms with van der Waals surface area (Å²) in [6.07, 6.45) is 4.61. The molecular formula is C19H24N4OS. The van der Waals surface area contributed by atoms with Crippen molar-refractivity contribution in [2.24, 2.45) is 5.92 Å². The summed E-state index contributed by atoms with van der Waals surface area (Å²) < 4.78 is 0. The first-order valence-corrected chi connectivity index (χ1v) is 10.2. The Morgan fingerprint density at radius 2 is 1.76 bits per heavy atom. The largest absolute Gasteiger partial charge is 0.352 e. The normalized spacial score (nSPS) is 21.2. The van der Waals surface area contributed by atoms with Crippen LogP contribution in [0.3, 0.4) is 0 Å². The molecule has 3 aliphatic rings. The van der Waals surface area contributed by atoms with Gasteiger partial charge in [0.25, 0.3) is 0 Å². The molecule has 5 rings (SSSR count). The van der Waals surface area contributed by atoms with Crippen molar-refractivity contribution in [3.8, 4) is 0 Å². The number of rotatable bonds is 3. The third-order valence-corrected chi connectivity index (χ3v) is 6.89. The molecule has 2 aromatic heterocycles. The lowest BCUT2D eigenvalue weighted by Gasteiger charge is -2.36. The highest BCUT2D eigenvalue weighted by atomic mass is 32.1. The van der Waals surface area contributed by atoms with Crippen LogP contribution in [0.4, 0.5) is 5.82 Å². The number of aromatic nitrogens is 2. The molecule has 2 aliphatic carbocycles. The number of hydrogen-bond donors (Lipinski definition) is 0. The number of fused-ring (bicyclic) bond motifs is 1. The molecule has 0 N–H and O–H groups in total. The van der Waals surface area contributed by atoms with Gasteiger partial charge in [-0.1, -0.05) is 0 Å². The molecule has 1 saturated heterocycles. The van der Waals surface area contributed by atoms with Gasteiger partial charge in [0.2, 0.25) is 5.91 Å². The van der Waals surface area contributed by atoms with Gasteiger partial charge in [-0.3, -0.25) is 4.79 Å². The third kappa shape index (κ3) is 2.71. The molecular weight excluding hydrogens is 332 g/mol. The van der Waals surface area contributed by atoms with E-state index in [0.717, 1.165) is 55.5 Å². The predicted molar refractivity (Wildman–Crippen MR) is 100 cm³/mol. The van der Waals surface area contributed by atoms with Gasteiger partial charge in [-0.2, -0.15) is 0 Å². The molecule has 0 unspecified atom stereocenters. The van der Waals surface area contributed by atoms with Crippen molar-refractivity contribution >= 4 is 33.3 Å². The van der Waals surface area contributed by atoms with Crippen LogP contribution in [-0.2, 0) is 4.79 Å². The fourth-order valence-corrected chi connectivity index (χ4v) is 4.76. The highest BCUT2D eigenvalue weighted by molar-refractivity contribution is 7.18. The first-order chi connectivity index (χ1) is 12.1. The molecule has 25 heavy (non-hydrogen) atoms. The number of amides is 1. The van der Waals surface area contributed by atoms with E-state index >= 15 is 0 Å². The second kappa shape index (κ2) is 5.66. The lowest BCUT2D eigenvalue weighted by molar-refractivity contribution is -0.132. The van der Waals surface area contributed by atoms with E-state index in [2.05, 4.69) is 23.6 Å². The van der Waals surface area contributed by atoms with E-state index in [9.17, 15) is 4.79 Å². The van der Waals surface area contributed by atoms with Crippen molar-refractivity contribution in [2.75, 3.05) is 31.1 Å². The molecule has 0 radical (unpaired) electrons. The molecule has 2 aromatic rings. The summed E-state index contributed by atoms with van der Waals surface area (Å²) in [6, 6.07) is 0. The molecule has 0 atom stereocenters. The van der Waals surface area contributed by atoms with Crippen molar-refractivity contribution in [2.45, 2.75) is 45.4 Å². The van der Waals surface area contributed by atoms with Gasteiger partial charge in [-0.15, -0.1) is 11.3 Å². The topological polar surface area (TPSA) is 49.3 Å². The molecule has 1 amide bonds. The summed E-state index contributed by atoms with van der Waals surface area (Å²) in [6.45, 7) is 7.76. The number of nitrogens with zero attached hydrogens (tertiary/aromatic N) is 4. The predicted octanol–water partition coefficient (Wildman–Crippen LogP) is 3.24. The molecule has 1 aliphatic heterocycles. The van der Waals surface area contributed by atoms with Crippen LogP contribution in [0, 0.1) is 19.8 Å². The smallest absolute Gasteiger partial charge is 0.225 e. The fraction of sp³-hybridized carbons (Fsp3) is 0.632. The first-order valence-electron chi connectivity index (χ1n) is 9.43. The van der Waals surface area contributed by atoms with Crippen molar-refractivity contribution in [1.82, 2.24) is 14.9 Å². The molecule has 5 nitrogen and oxygen atoms in total. The van der Waals surface area contributed by atoms with E-state index in [1.165, 1.54) is 28.7 Å². The summed E-state index contributed by atoms with van der Waals surface area (Å²) in [5.41, 5.74) is 1.31. The molecule has 0 spiro atoms. The number of piperazine rings is 1. The SMILES string of the molecule is Cc1sc2nc(C3CC3)nc(N3CCN(C(=O)C4CC4)CC3)c2c1C. The van der Waals surface area contributed by atoms with E-state index in [1.54, 1.807) is 11.3 Å². The van der Waals surface area contributed by atoms with Crippen molar-refractivity contribution in [3.05, 3.63) is 16.3 Å². The van der Waals surface area contributed by atoms with Gasteiger partial charge in [0.15, 0.2) is 0 Å². The van der Waals surface area contributed by atoms with Gasteiger partial charge in [-0.25, -0.2) is 9.97 Å². The highest BCUT2D eigenvalue weighted by Gasteiger charge is 2.35. The number of carbonyl (C=O) groups excluding carboxylic acids is 1. The summed E-state index contributed by atoms with van der Waals surface area (Å²) in [5.74, 6) is 3.38. The van der Waals surface area contributed by atoms with Crippen molar-refractivity contribution in [1.29, 1.82) is 0 Å². The zero-order valence-corrected chi connectivity index (χ0v) is 15.7. The second-order valence-electron chi connectivity index (χ2n) is 7.73. The fourth-order valence-electron chi connectivity index (χ4n) is 3.72. The molecule has 0 bridgehead atoms. The Hall–Kier alpha value is -1.69. The molecule has 6 heteroatoms. The van der Waals surface area contributed by atoms with Gasteiger partial charge in [0, 0.05) is 42.9 Å². The number of thiophene rings is 1. The Kier molecular flexibility index (Phi) is 3.52. The molecule has 3 heterocycles.